The van der Waals surface area contributed by atoms with Crippen molar-refractivity contribution in [1.82, 2.24) is 5.32 Å². The number of fused-ring (bicyclic) bond motifs is 1. The average molecular weight is 318 g/mol. The number of thiophene rings is 1. The molecule has 2 aromatic rings. The van der Waals surface area contributed by atoms with Crippen LogP contribution in [0.5, 0.6) is 0 Å². The summed E-state index contributed by atoms with van der Waals surface area (Å²) in [6.07, 6.45) is 2.32. The fourth-order valence-electron chi connectivity index (χ4n) is 2.95. The molecule has 2 heterocycles. The minimum Gasteiger partial charge on any atom is -0.303 e. The smallest absolute Gasteiger partial charge is 0.0649 e. The lowest BCUT2D eigenvalue weighted by atomic mass is 10.0. The van der Waals surface area contributed by atoms with Gasteiger partial charge in [0, 0.05) is 17.3 Å². The van der Waals surface area contributed by atoms with Gasteiger partial charge in [-0.2, -0.15) is 0 Å². The molecule has 1 nitrogen and oxygen atoms in total. The van der Waals surface area contributed by atoms with Crippen molar-refractivity contribution < 1.29 is 0 Å². The summed E-state index contributed by atoms with van der Waals surface area (Å²) < 4.78 is 1.50. The van der Waals surface area contributed by atoms with E-state index in [1.165, 1.54) is 27.3 Å². The summed E-state index contributed by atoms with van der Waals surface area (Å²) in [6, 6.07) is 12.2. The van der Waals surface area contributed by atoms with E-state index in [1.54, 1.807) is 0 Å². The van der Waals surface area contributed by atoms with Gasteiger partial charge in [-0.3, -0.25) is 0 Å². The molecule has 0 bridgehead atoms. The van der Waals surface area contributed by atoms with E-state index in [9.17, 15) is 0 Å². The lowest BCUT2D eigenvalue weighted by Crippen LogP contribution is -2.28. The van der Waals surface area contributed by atoms with E-state index in [0.29, 0.717) is 17.3 Å². The highest BCUT2D eigenvalue weighted by molar-refractivity contribution is 8.01. The Hall–Kier alpha value is -0.770. The van der Waals surface area contributed by atoms with E-state index in [0.717, 1.165) is 6.42 Å². The molecule has 0 aliphatic carbocycles. The Morgan fingerprint density at radius 2 is 2.00 bits per heavy atom. The highest BCUT2D eigenvalue weighted by Crippen LogP contribution is 2.44. The van der Waals surface area contributed by atoms with Crippen LogP contribution in [0.3, 0.4) is 0 Å². The Labute approximate surface area is 136 Å². The van der Waals surface area contributed by atoms with Crippen molar-refractivity contribution in [3.63, 3.8) is 0 Å². The molecule has 0 spiro atoms. The van der Waals surface area contributed by atoms with Gasteiger partial charge >= 0.3 is 0 Å². The van der Waals surface area contributed by atoms with E-state index >= 15 is 0 Å². The molecule has 2 unspecified atom stereocenters. The molecule has 0 fully saturated rings. The molecule has 3 heteroatoms. The molecule has 1 N–H and O–H groups in total. The van der Waals surface area contributed by atoms with E-state index in [-0.39, 0.29) is 0 Å². The lowest BCUT2D eigenvalue weighted by Gasteiger charge is -2.30. The first-order valence-electron chi connectivity index (χ1n) is 7.76. The average Bonchev–Trinajstić information content (AvgIpc) is 2.95. The molecule has 0 saturated carbocycles. The van der Waals surface area contributed by atoms with Gasteiger partial charge < -0.3 is 5.32 Å². The van der Waals surface area contributed by atoms with Crippen LogP contribution in [-0.4, -0.2) is 5.25 Å². The summed E-state index contributed by atoms with van der Waals surface area (Å²) in [5.74, 6) is 0. The highest BCUT2D eigenvalue weighted by atomic mass is 32.2. The van der Waals surface area contributed by atoms with E-state index in [4.69, 9.17) is 0 Å². The number of aryl methyl sites for hydroxylation is 1. The number of nitrogens with one attached hydrogen (secondary N) is 1. The maximum atomic E-state index is 3.84. The molecule has 1 aromatic heterocycles. The summed E-state index contributed by atoms with van der Waals surface area (Å²) in [5, 5.41) is 6.76. The minimum absolute atomic E-state index is 0.393. The highest BCUT2D eigenvalue weighted by Gasteiger charge is 2.27. The Morgan fingerprint density at radius 3 is 2.71 bits per heavy atom. The van der Waals surface area contributed by atoms with Gasteiger partial charge in [-0.05, 0) is 47.9 Å². The zero-order valence-corrected chi connectivity index (χ0v) is 14.6. The Bertz CT molecular complexity index is 588. The zero-order valence-electron chi connectivity index (χ0n) is 12.9. The molecule has 0 saturated heterocycles. The van der Waals surface area contributed by atoms with Gasteiger partial charge in [0.2, 0.25) is 0 Å². The van der Waals surface area contributed by atoms with Crippen LogP contribution in [0.4, 0.5) is 0 Å². The van der Waals surface area contributed by atoms with Crippen LogP contribution in [0.15, 0.2) is 39.9 Å². The number of hydrogen-bond donors (Lipinski definition) is 1. The molecule has 1 aliphatic heterocycles. The lowest BCUT2D eigenvalue weighted by molar-refractivity contribution is 0.435. The summed E-state index contributed by atoms with van der Waals surface area (Å²) in [7, 11) is 0. The molecule has 21 heavy (non-hydrogen) atoms. The fourth-order valence-corrected chi connectivity index (χ4v) is 5.51. The molecule has 1 aliphatic rings. The first kappa shape index (κ1) is 15.1. The first-order valence-corrected chi connectivity index (χ1v) is 9.52. The predicted molar refractivity (Wildman–Crippen MR) is 94.4 cm³/mol. The molecular weight excluding hydrogens is 294 g/mol. The summed E-state index contributed by atoms with van der Waals surface area (Å²) in [5.41, 5.74) is 4.30. The third-order valence-electron chi connectivity index (χ3n) is 4.25. The van der Waals surface area contributed by atoms with Crippen LogP contribution in [0.1, 0.15) is 56.0 Å². The van der Waals surface area contributed by atoms with Gasteiger partial charge in [-0.15, -0.1) is 23.1 Å². The molecule has 3 rings (SSSR count). The Morgan fingerprint density at radius 1 is 1.24 bits per heavy atom. The minimum atomic E-state index is 0.393. The number of rotatable bonds is 4. The van der Waals surface area contributed by atoms with E-state index < -0.39 is 0 Å². The van der Waals surface area contributed by atoms with Gasteiger partial charge in [-0.25, -0.2) is 0 Å². The number of thioether (sulfide) groups is 1. The quantitative estimate of drug-likeness (QED) is 0.789. The van der Waals surface area contributed by atoms with Crippen molar-refractivity contribution in [3.05, 3.63) is 52.4 Å². The van der Waals surface area contributed by atoms with Gasteiger partial charge in [-0.1, -0.05) is 38.1 Å². The maximum Gasteiger partial charge on any atom is 0.0649 e. The summed E-state index contributed by atoms with van der Waals surface area (Å²) >= 11 is 3.91. The second kappa shape index (κ2) is 6.55. The zero-order chi connectivity index (χ0) is 14.8. The van der Waals surface area contributed by atoms with Crippen molar-refractivity contribution in [2.45, 2.75) is 55.2 Å². The standard InChI is InChI=1S/C18H23NS2/c1-4-14-5-7-15(8-6-14)13(3)19-17-11-12(2)21-18-16(17)9-10-20-18/h5-10,12-13,17,19H,4,11H2,1-3H3/t12-,13?,17?/m0/s1. The Kier molecular flexibility index (Phi) is 4.72. The van der Waals surface area contributed by atoms with E-state index in [2.05, 4.69) is 61.8 Å². The maximum absolute atomic E-state index is 3.84. The van der Waals surface area contributed by atoms with Crippen LogP contribution < -0.4 is 5.32 Å². The van der Waals surface area contributed by atoms with Gasteiger partial charge in [0.05, 0.1) is 4.21 Å². The largest absolute Gasteiger partial charge is 0.303 e. The van der Waals surface area contributed by atoms with Crippen molar-refractivity contribution in [1.29, 1.82) is 0 Å². The van der Waals surface area contributed by atoms with Crippen LogP contribution in [0.25, 0.3) is 0 Å². The monoisotopic (exact) mass is 317 g/mol. The molecular formula is C18H23NS2. The SMILES string of the molecule is CCc1ccc(C(C)NC2C[C@H](C)Sc3sccc32)cc1. The molecule has 0 radical (unpaired) electrons. The van der Waals surface area contributed by atoms with Crippen LogP contribution in [0, 0.1) is 0 Å². The second-order valence-electron chi connectivity index (χ2n) is 5.86. The number of hydrogen-bond acceptors (Lipinski definition) is 3. The Balaban J connectivity index is 1.74. The van der Waals surface area contributed by atoms with Crippen molar-refractivity contribution in [3.8, 4) is 0 Å². The van der Waals surface area contributed by atoms with Crippen molar-refractivity contribution in [2.75, 3.05) is 0 Å². The third-order valence-corrected chi connectivity index (χ3v) is 6.59. The molecule has 3 atom stereocenters. The van der Waals surface area contributed by atoms with Crippen LogP contribution >= 0.6 is 23.1 Å². The van der Waals surface area contributed by atoms with E-state index in [1.807, 2.05) is 23.1 Å². The first-order chi connectivity index (χ1) is 10.2. The van der Waals surface area contributed by atoms with Gasteiger partial charge in [0.25, 0.3) is 0 Å². The second-order valence-corrected chi connectivity index (χ2v) is 8.49. The van der Waals surface area contributed by atoms with Crippen LogP contribution in [0.2, 0.25) is 0 Å². The predicted octanol–water partition coefficient (Wildman–Crippen LogP) is 5.59. The molecule has 112 valence electrons. The third kappa shape index (κ3) is 3.36. The molecule has 1 aromatic carbocycles. The summed E-state index contributed by atoms with van der Waals surface area (Å²) in [6.45, 7) is 6.82. The van der Waals surface area contributed by atoms with Crippen molar-refractivity contribution in [2.24, 2.45) is 0 Å². The topological polar surface area (TPSA) is 12.0 Å². The van der Waals surface area contributed by atoms with Gasteiger partial charge in [0.15, 0.2) is 0 Å². The molecule has 0 amide bonds. The van der Waals surface area contributed by atoms with Crippen molar-refractivity contribution >= 4 is 23.1 Å². The number of benzene rings is 1. The van der Waals surface area contributed by atoms with Crippen LogP contribution in [-0.2, 0) is 6.42 Å². The normalized spacial score (nSPS) is 22.8. The summed E-state index contributed by atoms with van der Waals surface area (Å²) in [4.78, 5) is 0. The fraction of sp³-hybridized carbons (Fsp3) is 0.444. The van der Waals surface area contributed by atoms with Gasteiger partial charge in [0.1, 0.15) is 0 Å².